The average Bonchev–Trinajstić information content (AvgIpc) is 3.11. The van der Waals surface area contributed by atoms with E-state index in [1.54, 1.807) is 18.4 Å². The van der Waals surface area contributed by atoms with Gasteiger partial charge in [0.1, 0.15) is 24.0 Å². The van der Waals surface area contributed by atoms with Crippen LogP contribution in [0.4, 0.5) is 4.39 Å². The minimum Gasteiger partial charge on any atom is -0.465 e. The molecule has 6 nitrogen and oxygen atoms in total. The Bertz CT molecular complexity index is 1320. The van der Waals surface area contributed by atoms with Gasteiger partial charge in [0, 0.05) is 17.3 Å². The van der Waals surface area contributed by atoms with Crippen molar-refractivity contribution < 1.29 is 13.9 Å². The fourth-order valence-corrected chi connectivity index (χ4v) is 3.62. The van der Waals surface area contributed by atoms with Crippen LogP contribution in [0.1, 0.15) is 24.2 Å². The number of benzene rings is 1. The van der Waals surface area contributed by atoms with Gasteiger partial charge in [0.15, 0.2) is 17.2 Å². The minimum absolute atomic E-state index is 0.285. The molecule has 0 saturated carbocycles. The Morgan fingerprint density at radius 2 is 1.97 bits per heavy atom. The van der Waals surface area contributed by atoms with Gasteiger partial charge in [0.2, 0.25) is 0 Å². The minimum atomic E-state index is -0.328. The highest BCUT2D eigenvalue weighted by atomic mass is 19.1. The summed E-state index contributed by atoms with van der Waals surface area (Å²) >= 11 is 0. The van der Waals surface area contributed by atoms with Crippen molar-refractivity contribution in [2.24, 2.45) is 0 Å². The molecule has 0 fully saturated rings. The molecule has 0 saturated heterocycles. The number of aryl methyl sites for hydroxylation is 1. The second kappa shape index (κ2) is 7.18. The van der Waals surface area contributed by atoms with Gasteiger partial charge in [-0.1, -0.05) is 30.4 Å². The van der Waals surface area contributed by atoms with Crippen molar-refractivity contribution in [1.82, 2.24) is 14.6 Å². The first kappa shape index (κ1) is 18.2. The number of fused-ring (bicyclic) bond motifs is 1. The monoisotopic (exact) mass is 403 g/mol. The maximum atomic E-state index is 13.4. The SMILES string of the molecule is Cc1[nH]n2c(=O)cc(C3=COC=C(C4=CC=CCC4)O3)nc2c1-c1ccc(F)cc1. The third kappa shape index (κ3) is 3.14. The Hall–Kier alpha value is -3.87. The summed E-state index contributed by atoms with van der Waals surface area (Å²) in [5, 5.41) is 3.03. The Balaban J connectivity index is 1.58. The van der Waals surface area contributed by atoms with E-state index >= 15 is 0 Å². The van der Waals surface area contributed by atoms with E-state index in [0.717, 1.165) is 35.2 Å². The van der Waals surface area contributed by atoms with Gasteiger partial charge in [0.25, 0.3) is 5.56 Å². The number of aromatic amines is 1. The molecule has 0 radical (unpaired) electrons. The van der Waals surface area contributed by atoms with Gasteiger partial charge < -0.3 is 9.47 Å². The van der Waals surface area contributed by atoms with Crippen LogP contribution in [-0.4, -0.2) is 14.6 Å². The zero-order chi connectivity index (χ0) is 20.7. The number of hydrogen-bond acceptors (Lipinski definition) is 4. The van der Waals surface area contributed by atoms with E-state index in [4.69, 9.17) is 9.47 Å². The smallest absolute Gasteiger partial charge is 0.273 e. The van der Waals surface area contributed by atoms with Gasteiger partial charge in [-0.25, -0.2) is 13.9 Å². The first-order valence-corrected chi connectivity index (χ1v) is 9.58. The van der Waals surface area contributed by atoms with E-state index in [9.17, 15) is 9.18 Å². The predicted molar refractivity (Wildman–Crippen MR) is 111 cm³/mol. The molecule has 2 aromatic heterocycles. The number of rotatable bonds is 3. The molecule has 3 heterocycles. The number of hydrogen-bond donors (Lipinski definition) is 1. The summed E-state index contributed by atoms with van der Waals surface area (Å²) in [5.41, 5.74) is 3.76. The Labute approximate surface area is 171 Å². The summed E-state index contributed by atoms with van der Waals surface area (Å²) in [7, 11) is 0. The fourth-order valence-electron chi connectivity index (χ4n) is 3.62. The van der Waals surface area contributed by atoms with E-state index in [1.807, 2.05) is 19.1 Å². The lowest BCUT2D eigenvalue weighted by atomic mass is 10.0. The Kier molecular flexibility index (Phi) is 4.35. The number of halogens is 1. The van der Waals surface area contributed by atoms with Gasteiger partial charge in [-0.15, -0.1) is 0 Å². The van der Waals surface area contributed by atoms with Crippen molar-refractivity contribution >= 4 is 11.4 Å². The largest absolute Gasteiger partial charge is 0.465 e. The second-order valence-electron chi connectivity index (χ2n) is 7.12. The number of nitrogens with zero attached hydrogens (tertiary/aromatic N) is 2. The molecular weight excluding hydrogens is 385 g/mol. The van der Waals surface area contributed by atoms with Gasteiger partial charge in [-0.2, -0.15) is 0 Å². The third-order valence-corrected chi connectivity index (χ3v) is 5.08. The molecular formula is C23H18FN3O3. The van der Waals surface area contributed by atoms with E-state index in [0.29, 0.717) is 22.9 Å². The van der Waals surface area contributed by atoms with Gasteiger partial charge in [-0.3, -0.25) is 9.89 Å². The van der Waals surface area contributed by atoms with Crippen molar-refractivity contribution in [1.29, 1.82) is 0 Å². The lowest BCUT2D eigenvalue weighted by molar-refractivity contribution is 0.284. The van der Waals surface area contributed by atoms with Crippen molar-refractivity contribution in [3.8, 4) is 11.1 Å². The normalized spacial score (nSPS) is 15.9. The predicted octanol–water partition coefficient (Wildman–Crippen LogP) is 4.60. The number of nitrogens with one attached hydrogen (secondary N) is 1. The highest BCUT2D eigenvalue weighted by Crippen LogP contribution is 2.31. The molecule has 1 aliphatic carbocycles. The van der Waals surface area contributed by atoms with Gasteiger partial charge in [-0.05, 0) is 43.0 Å². The number of ether oxygens (including phenoxy) is 2. The summed E-state index contributed by atoms with van der Waals surface area (Å²) in [5.74, 6) is 0.625. The van der Waals surface area contributed by atoms with Crippen molar-refractivity contribution in [2.45, 2.75) is 19.8 Å². The maximum Gasteiger partial charge on any atom is 0.273 e. The third-order valence-electron chi connectivity index (χ3n) is 5.08. The van der Waals surface area contributed by atoms with E-state index in [2.05, 4.69) is 16.2 Å². The summed E-state index contributed by atoms with van der Waals surface area (Å²) in [6, 6.07) is 7.47. The molecule has 3 aromatic rings. The van der Waals surface area contributed by atoms with Crippen LogP contribution in [0.15, 0.2) is 77.2 Å². The molecule has 1 N–H and O–H groups in total. The molecule has 1 aromatic carbocycles. The maximum absolute atomic E-state index is 13.4. The highest BCUT2D eigenvalue weighted by Gasteiger charge is 2.21. The Morgan fingerprint density at radius 3 is 2.73 bits per heavy atom. The lowest BCUT2D eigenvalue weighted by Gasteiger charge is -2.19. The van der Waals surface area contributed by atoms with Crippen LogP contribution in [0.25, 0.3) is 22.5 Å². The van der Waals surface area contributed by atoms with Gasteiger partial charge >= 0.3 is 0 Å². The summed E-state index contributed by atoms with van der Waals surface area (Å²) < 4.78 is 26.2. The average molecular weight is 403 g/mol. The molecule has 2 aliphatic rings. The topological polar surface area (TPSA) is 68.6 Å². The molecule has 30 heavy (non-hydrogen) atoms. The molecule has 1 aliphatic heterocycles. The van der Waals surface area contributed by atoms with Crippen molar-refractivity contribution in [3.63, 3.8) is 0 Å². The number of H-pyrrole nitrogens is 1. The quantitative estimate of drug-likeness (QED) is 0.694. The van der Waals surface area contributed by atoms with Crippen molar-refractivity contribution in [3.05, 3.63) is 100.0 Å². The molecule has 0 spiro atoms. The van der Waals surface area contributed by atoms with Gasteiger partial charge in [0.05, 0.1) is 0 Å². The zero-order valence-corrected chi connectivity index (χ0v) is 16.2. The highest BCUT2D eigenvalue weighted by molar-refractivity contribution is 5.80. The summed E-state index contributed by atoms with van der Waals surface area (Å²) in [6.45, 7) is 1.84. The number of aromatic nitrogens is 3. The molecule has 5 rings (SSSR count). The first-order chi connectivity index (χ1) is 14.6. The zero-order valence-electron chi connectivity index (χ0n) is 16.2. The van der Waals surface area contributed by atoms with E-state index in [1.165, 1.54) is 29.0 Å². The van der Waals surface area contributed by atoms with Crippen LogP contribution >= 0.6 is 0 Å². The van der Waals surface area contributed by atoms with Crippen LogP contribution < -0.4 is 5.56 Å². The number of allylic oxidation sites excluding steroid dienone is 4. The molecule has 150 valence electrons. The standard InChI is InChI=1S/C23H18FN3O3/c1-14-22(16-7-9-17(24)10-8-16)23-25-18(11-21(28)27(23)26-14)20-13-29-12-19(30-20)15-5-3-2-4-6-15/h2-3,5,7-13,26H,4,6H2,1H3. The van der Waals surface area contributed by atoms with E-state index < -0.39 is 0 Å². The summed E-state index contributed by atoms with van der Waals surface area (Å²) in [6.07, 6.45) is 10.8. The fraction of sp³-hybridized carbons (Fsp3) is 0.130. The van der Waals surface area contributed by atoms with Crippen LogP contribution in [-0.2, 0) is 9.47 Å². The molecule has 0 unspecified atom stereocenters. The summed E-state index contributed by atoms with van der Waals surface area (Å²) in [4.78, 5) is 17.4. The van der Waals surface area contributed by atoms with E-state index in [-0.39, 0.29) is 11.4 Å². The van der Waals surface area contributed by atoms with Crippen LogP contribution in [0.5, 0.6) is 0 Å². The second-order valence-corrected chi connectivity index (χ2v) is 7.12. The van der Waals surface area contributed by atoms with Crippen LogP contribution in [0.2, 0.25) is 0 Å². The molecule has 0 atom stereocenters. The first-order valence-electron chi connectivity index (χ1n) is 9.58. The molecule has 0 amide bonds. The van der Waals surface area contributed by atoms with Crippen LogP contribution in [0, 0.1) is 12.7 Å². The molecule has 0 bridgehead atoms. The van der Waals surface area contributed by atoms with Crippen molar-refractivity contribution in [2.75, 3.05) is 0 Å². The molecule has 7 heteroatoms. The lowest BCUT2D eigenvalue weighted by Crippen LogP contribution is -2.16. The Morgan fingerprint density at radius 1 is 1.17 bits per heavy atom. The van der Waals surface area contributed by atoms with Crippen LogP contribution in [0.3, 0.4) is 0 Å².